The van der Waals surface area contributed by atoms with Gasteiger partial charge in [-0.25, -0.2) is 9.78 Å². The molecule has 0 unspecified atom stereocenters. The predicted molar refractivity (Wildman–Crippen MR) is 116 cm³/mol. The van der Waals surface area contributed by atoms with Crippen molar-refractivity contribution in [1.29, 1.82) is 0 Å². The van der Waals surface area contributed by atoms with E-state index in [1.54, 1.807) is 20.8 Å². The second-order valence-corrected chi connectivity index (χ2v) is 7.82. The van der Waals surface area contributed by atoms with Gasteiger partial charge >= 0.3 is 5.97 Å². The Hall–Kier alpha value is -3.42. The number of hydrogen-bond donors (Lipinski definition) is 2. The molecule has 0 saturated carbocycles. The van der Waals surface area contributed by atoms with Crippen LogP contribution in [-0.2, 0) is 4.74 Å². The maximum absolute atomic E-state index is 13.1. The number of nitrogens with one attached hydrogen (secondary N) is 2. The van der Waals surface area contributed by atoms with Gasteiger partial charge in [-0.1, -0.05) is 30.3 Å². The second kappa shape index (κ2) is 8.75. The van der Waals surface area contributed by atoms with E-state index in [9.17, 15) is 9.59 Å². The van der Waals surface area contributed by atoms with Crippen molar-refractivity contribution in [3.63, 3.8) is 0 Å². The number of aryl methyl sites for hydroxylation is 1. The van der Waals surface area contributed by atoms with Gasteiger partial charge in [-0.3, -0.25) is 9.89 Å². The van der Waals surface area contributed by atoms with Crippen molar-refractivity contribution in [3.05, 3.63) is 58.7 Å². The van der Waals surface area contributed by atoms with Crippen molar-refractivity contribution in [3.8, 4) is 11.4 Å². The van der Waals surface area contributed by atoms with Gasteiger partial charge in [0.25, 0.3) is 5.91 Å². The Bertz CT molecular complexity index is 1080. The number of carbonyl (C=O) groups excluding carboxylic acids is 2. The largest absolute Gasteiger partial charge is 0.462 e. The SMILES string of the molecule is CCOC(=O)c1c(C)[nH]c(C(=O)N2CCC(c3nc(-c4ccccc4)n[nH]3)CC2)c1C. The topological polar surface area (TPSA) is 104 Å². The van der Waals surface area contributed by atoms with E-state index in [4.69, 9.17) is 4.74 Å². The number of hydrogen-bond acceptors (Lipinski definition) is 5. The Labute approximate surface area is 181 Å². The lowest BCUT2D eigenvalue weighted by Gasteiger charge is -2.31. The van der Waals surface area contributed by atoms with E-state index in [1.165, 1.54) is 0 Å². The fourth-order valence-electron chi connectivity index (χ4n) is 4.16. The Balaban J connectivity index is 1.43. The zero-order valence-corrected chi connectivity index (χ0v) is 18.1. The van der Waals surface area contributed by atoms with Crippen LogP contribution in [0, 0.1) is 13.8 Å². The molecule has 1 saturated heterocycles. The first-order chi connectivity index (χ1) is 15.0. The summed E-state index contributed by atoms with van der Waals surface area (Å²) in [6.07, 6.45) is 1.61. The van der Waals surface area contributed by atoms with E-state index in [2.05, 4.69) is 20.2 Å². The summed E-state index contributed by atoms with van der Waals surface area (Å²) in [5.74, 6) is 1.30. The van der Waals surface area contributed by atoms with Gasteiger partial charge in [-0.05, 0) is 39.2 Å². The van der Waals surface area contributed by atoms with E-state index < -0.39 is 5.97 Å². The van der Waals surface area contributed by atoms with Gasteiger partial charge in [0, 0.05) is 30.3 Å². The van der Waals surface area contributed by atoms with Crippen molar-refractivity contribution >= 4 is 11.9 Å². The molecule has 1 fully saturated rings. The highest BCUT2D eigenvalue weighted by Crippen LogP contribution is 2.29. The van der Waals surface area contributed by atoms with Gasteiger partial charge in [-0.2, -0.15) is 5.10 Å². The molecule has 162 valence electrons. The average molecular weight is 422 g/mol. The number of benzene rings is 1. The number of likely N-dealkylation sites (tertiary alicyclic amines) is 1. The van der Waals surface area contributed by atoms with Crippen LogP contribution in [0.25, 0.3) is 11.4 Å². The maximum Gasteiger partial charge on any atom is 0.340 e. The quantitative estimate of drug-likeness (QED) is 0.613. The lowest BCUT2D eigenvalue weighted by Crippen LogP contribution is -2.38. The lowest BCUT2D eigenvalue weighted by molar-refractivity contribution is 0.0525. The lowest BCUT2D eigenvalue weighted by atomic mass is 9.95. The molecule has 2 aromatic heterocycles. The maximum atomic E-state index is 13.1. The third-order valence-corrected chi connectivity index (χ3v) is 5.83. The zero-order chi connectivity index (χ0) is 22.0. The fourth-order valence-corrected chi connectivity index (χ4v) is 4.16. The molecule has 8 nitrogen and oxygen atoms in total. The molecule has 8 heteroatoms. The molecule has 1 aromatic carbocycles. The number of ether oxygens (including phenoxy) is 1. The molecular weight excluding hydrogens is 394 g/mol. The van der Waals surface area contributed by atoms with Crippen LogP contribution in [0.1, 0.15) is 63.6 Å². The Morgan fingerprint density at radius 2 is 1.87 bits per heavy atom. The van der Waals surface area contributed by atoms with Crippen LogP contribution in [0.5, 0.6) is 0 Å². The number of carbonyl (C=O) groups is 2. The van der Waals surface area contributed by atoms with E-state index in [0.29, 0.717) is 48.0 Å². The average Bonchev–Trinajstić information content (AvgIpc) is 3.39. The summed E-state index contributed by atoms with van der Waals surface area (Å²) >= 11 is 0. The number of rotatable bonds is 5. The number of H-pyrrole nitrogens is 2. The Morgan fingerprint density at radius 1 is 1.16 bits per heavy atom. The molecule has 31 heavy (non-hydrogen) atoms. The second-order valence-electron chi connectivity index (χ2n) is 7.82. The van der Waals surface area contributed by atoms with Crippen LogP contribution in [-0.4, -0.2) is 56.6 Å². The van der Waals surface area contributed by atoms with E-state index in [1.807, 2.05) is 35.2 Å². The number of aromatic nitrogens is 4. The first kappa shape index (κ1) is 20.8. The summed E-state index contributed by atoms with van der Waals surface area (Å²) in [5, 5.41) is 7.43. The molecule has 2 N–H and O–H groups in total. The minimum absolute atomic E-state index is 0.0860. The number of piperidine rings is 1. The van der Waals surface area contributed by atoms with Crippen LogP contribution in [0.15, 0.2) is 30.3 Å². The van der Waals surface area contributed by atoms with Gasteiger partial charge in [0.1, 0.15) is 11.5 Å². The summed E-state index contributed by atoms with van der Waals surface area (Å²) in [4.78, 5) is 34.9. The van der Waals surface area contributed by atoms with E-state index in [-0.39, 0.29) is 11.8 Å². The minimum Gasteiger partial charge on any atom is -0.462 e. The minimum atomic E-state index is -0.397. The van der Waals surface area contributed by atoms with Gasteiger partial charge in [0.15, 0.2) is 5.82 Å². The molecule has 0 spiro atoms. The highest BCUT2D eigenvalue weighted by Gasteiger charge is 2.30. The van der Waals surface area contributed by atoms with Crippen LogP contribution in [0.3, 0.4) is 0 Å². The number of esters is 1. The van der Waals surface area contributed by atoms with Crippen LogP contribution >= 0.6 is 0 Å². The van der Waals surface area contributed by atoms with Crippen LogP contribution in [0.2, 0.25) is 0 Å². The van der Waals surface area contributed by atoms with Crippen molar-refractivity contribution in [2.24, 2.45) is 0 Å². The number of nitrogens with zero attached hydrogens (tertiary/aromatic N) is 3. The molecule has 1 aliphatic rings. The van der Waals surface area contributed by atoms with Crippen LogP contribution < -0.4 is 0 Å². The van der Waals surface area contributed by atoms with Crippen molar-refractivity contribution in [1.82, 2.24) is 25.1 Å². The molecule has 4 rings (SSSR count). The third kappa shape index (κ3) is 4.10. The van der Waals surface area contributed by atoms with Crippen LogP contribution in [0.4, 0.5) is 0 Å². The smallest absolute Gasteiger partial charge is 0.340 e. The molecule has 3 heterocycles. The van der Waals surface area contributed by atoms with Crippen molar-refractivity contribution in [2.75, 3.05) is 19.7 Å². The van der Waals surface area contributed by atoms with Crippen molar-refractivity contribution < 1.29 is 14.3 Å². The highest BCUT2D eigenvalue weighted by atomic mass is 16.5. The standard InChI is InChI=1S/C23H27N5O3/c1-4-31-23(30)18-14(2)19(24-15(18)3)22(29)28-12-10-17(11-13-28)21-25-20(26-27-21)16-8-6-5-7-9-16/h5-9,17,24H,4,10-13H2,1-3H3,(H,25,26,27). The van der Waals surface area contributed by atoms with Gasteiger partial charge in [0.05, 0.1) is 12.2 Å². The van der Waals surface area contributed by atoms with E-state index >= 15 is 0 Å². The summed E-state index contributed by atoms with van der Waals surface area (Å²) < 4.78 is 5.12. The predicted octanol–water partition coefficient (Wildman–Crippen LogP) is 3.61. The fraction of sp³-hybridized carbons (Fsp3) is 0.391. The first-order valence-electron chi connectivity index (χ1n) is 10.6. The van der Waals surface area contributed by atoms with Crippen molar-refractivity contribution in [2.45, 2.75) is 39.5 Å². The molecule has 0 radical (unpaired) electrons. The highest BCUT2D eigenvalue weighted by molar-refractivity contribution is 6.00. The monoisotopic (exact) mass is 421 g/mol. The Morgan fingerprint density at radius 3 is 2.55 bits per heavy atom. The molecule has 1 amide bonds. The first-order valence-corrected chi connectivity index (χ1v) is 10.6. The van der Waals surface area contributed by atoms with Gasteiger partial charge in [-0.15, -0.1) is 0 Å². The van der Waals surface area contributed by atoms with Gasteiger partial charge in [0.2, 0.25) is 0 Å². The third-order valence-electron chi connectivity index (χ3n) is 5.83. The molecule has 1 aliphatic heterocycles. The zero-order valence-electron chi connectivity index (χ0n) is 18.1. The number of amides is 1. The Kier molecular flexibility index (Phi) is 5.88. The van der Waals surface area contributed by atoms with Gasteiger partial charge < -0.3 is 14.6 Å². The number of aromatic amines is 2. The summed E-state index contributed by atoms with van der Waals surface area (Å²) in [7, 11) is 0. The molecule has 0 atom stereocenters. The normalized spacial score (nSPS) is 14.6. The summed E-state index contributed by atoms with van der Waals surface area (Å²) in [5.41, 5.74) is 3.20. The summed E-state index contributed by atoms with van der Waals surface area (Å²) in [6, 6.07) is 9.87. The molecule has 3 aromatic rings. The van der Waals surface area contributed by atoms with E-state index in [0.717, 1.165) is 24.2 Å². The molecular formula is C23H27N5O3. The molecule has 0 bridgehead atoms. The molecule has 0 aliphatic carbocycles. The summed E-state index contributed by atoms with van der Waals surface area (Å²) in [6.45, 7) is 6.89.